The van der Waals surface area contributed by atoms with Gasteiger partial charge in [0.1, 0.15) is 10.8 Å². The van der Waals surface area contributed by atoms with E-state index in [0.717, 1.165) is 5.56 Å². The summed E-state index contributed by atoms with van der Waals surface area (Å²) < 4.78 is 17.6. The SMILES string of the molecule is CC1OC(=O)N(Cc2ccc(F)cc2)C1=S. The van der Waals surface area contributed by atoms with E-state index >= 15 is 0 Å². The Bertz CT molecular complexity index is 432. The molecule has 0 radical (unpaired) electrons. The average Bonchev–Trinajstić information content (AvgIpc) is 2.48. The maximum Gasteiger partial charge on any atom is 0.415 e. The Balaban J connectivity index is 2.13. The molecule has 2 rings (SSSR count). The van der Waals surface area contributed by atoms with Gasteiger partial charge < -0.3 is 4.74 Å². The van der Waals surface area contributed by atoms with Gasteiger partial charge in [0.15, 0.2) is 6.10 Å². The maximum atomic E-state index is 12.7. The van der Waals surface area contributed by atoms with Crippen LogP contribution in [0.4, 0.5) is 9.18 Å². The van der Waals surface area contributed by atoms with E-state index in [0.29, 0.717) is 11.5 Å². The van der Waals surface area contributed by atoms with Crippen molar-refractivity contribution in [1.82, 2.24) is 4.90 Å². The molecule has 3 nitrogen and oxygen atoms in total. The standard InChI is InChI=1S/C11H10FNO2S/c1-7-10(16)13(11(14)15-7)6-8-2-4-9(12)5-3-8/h2-5,7H,6H2,1H3. The molecule has 0 bridgehead atoms. The molecule has 0 N–H and O–H groups in total. The Morgan fingerprint density at radius 2 is 2.06 bits per heavy atom. The van der Waals surface area contributed by atoms with Gasteiger partial charge in [-0.1, -0.05) is 24.4 Å². The molecule has 1 atom stereocenters. The van der Waals surface area contributed by atoms with Gasteiger partial charge in [-0.25, -0.2) is 9.18 Å². The number of benzene rings is 1. The Morgan fingerprint density at radius 1 is 1.44 bits per heavy atom. The molecule has 5 heteroatoms. The van der Waals surface area contributed by atoms with E-state index in [-0.39, 0.29) is 11.9 Å². The maximum absolute atomic E-state index is 12.7. The zero-order valence-corrected chi connectivity index (χ0v) is 9.46. The summed E-state index contributed by atoms with van der Waals surface area (Å²) in [6, 6.07) is 5.94. The summed E-state index contributed by atoms with van der Waals surface area (Å²) in [6.45, 7) is 2.05. The third-order valence-electron chi connectivity index (χ3n) is 2.37. The van der Waals surface area contributed by atoms with Crippen LogP contribution >= 0.6 is 12.2 Å². The number of halogens is 1. The van der Waals surface area contributed by atoms with Crippen LogP contribution in [0.15, 0.2) is 24.3 Å². The van der Waals surface area contributed by atoms with Crippen LogP contribution in [0.25, 0.3) is 0 Å². The van der Waals surface area contributed by atoms with Gasteiger partial charge in [-0.2, -0.15) is 0 Å². The lowest BCUT2D eigenvalue weighted by Gasteiger charge is -2.12. The smallest absolute Gasteiger partial charge is 0.415 e. The van der Waals surface area contributed by atoms with Gasteiger partial charge in [-0.3, -0.25) is 4.90 Å². The topological polar surface area (TPSA) is 29.5 Å². The minimum absolute atomic E-state index is 0.302. The zero-order chi connectivity index (χ0) is 11.7. The van der Waals surface area contributed by atoms with E-state index in [1.165, 1.54) is 17.0 Å². The first-order valence-corrected chi connectivity index (χ1v) is 5.25. The zero-order valence-electron chi connectivity index (χ0n) is 8.64. The number of amides is 1. The van der Waals surface area contributed by atoms with Gasteiger partial charge >= 0.3 is 6.09 Å². The molecule has 1 aliphatic rings. The lowest BCUT2D eigenvalue weighted by Crippen LogP contribution is -2.28. The summed E-state index contributed by atoms with van der Waals surface area (Å²) in [5, 5.41) is 0. The second kappa shape index (κ2) is 4.17. The molecule has 1 amide bonds. The summed E-state index contributed by atoms with van der Waals surface area (Å²) in [4.78, 5) is 13.3. The fraction of sp³-hybridized carbons (Fsp3) is 0.273. The molecule has 0 spiro atoms. The van der Waals surface area contributed by atoms with Crippen LogP contribution in [0.3, 0.4) is 0 Å². The number of cyclic esters (lactones) is 1. The van der Waals surface area contributed by atoms with Crippen LogP contribution < -0.4 is 0 Å². The average molecular weight is 239 g/mol. The fourth-order valence-electron chi connectivity index (χ4n) is 1.49. The number of carbonyl (C=O) groups is 1. The second-order valence-electron chi connectivity index (χ2n) is 3.58. The highest BCUT2D eigenvalue weighted by Gasteiger charge is 2.33. The van der Waals surface area contributed by atoms with E-state index in [4.69, 9.17) is 17.0 Å². The number of carbonyl (C=O) groups excluding carboxylic acids is 1. The van der Waals surface area contributed by atoms with Crippen molar-refractivity contribution in [3.05, 3.63) is 35.6 Å². The minimum Gasteiger partial charge on any atom is -0.439 e. The van der Waals surface area contributed by atoms with Crippen LogP contribution in [-0.2, 0) is 11.3 Å². The highest BCUT2D eigenvalue weighted by atomic mass is 32.1. The minimum atomic E-state index is -0.443. The number of thiocarbonyl (C=S) groups is 1. The van der Waals surface area contributed by atoms with Crippen LogP contribution in [0, 0.1) is 5.82 Å². The molecule has 0 aromatic heterocycles. The van der Waals surface area contributed by atoms with Crippen LogP contribution in [-0.4, -0.2) is 22.1 Å². The molecule has 16 heavy (non-hydrogen) atoms. The first-order valence-electron chi connectivity index (χ1n) is 4.84. The predicted molar refractivity (Wildman–Crippen MR) is 60.5 cm³/mol. The lowest BCUT2D eigenvalue weighted by molar-refractivity contribution is 0.138. The van der Waals surface area contributed by atoms with Gasteiger partial charge in [-0.05, 0) is 24.6 Å². The Kier molecular flexibility index (Phi) is 2.87. The molecular formula is C11H10FNO2S. The molecule has 1 aliphatic heterocycles. The molecule has 1 aromatic carbocycles. The van der Waals surface area contributed by atoms with Gasteiger partial charge in [0.05, 0.1) is 6.54 Å². The second-order valence-corrected chi connectivity index (χ2v) is 4.00. The van der Waals surface area contributed by atoms with E-state index in [1.54, 1.807) is 19.1 Å². The Morgan fingerprint density at radius 3 is 2.56 bits per heavy atom. The summed E-state index contributed by atoms with van der Waals surface area (Å²) in [5.74, 6) is -0.302. The molecule has 1 fully saturated rings. The highest BCUT2D eigenvalue weighted by molar-refractivity contribution is 7.80. The first-order chi connectivity index (χ1) is 7.58. The predicted octanol–water partition coefficient (Wildman–Crippen LogP) is 2.49. The molecule has 84 valence electrons. The van der Waals surface area contributed by atoms with E-state index < -0.39 is 6.09 Å². The van der Waals surface area contributed by atoms with Crippen molar-refractivity contribution in [2.45, 2.75) is 19.6 Å². The van der Waals surface area contributed by atoms with Crippen molar-refractivity contribution in [3.63, 3.8) is 0 Å². The number of hydrogen-bond acceptors (Lipinski definition) is 3. The van der Waals surface area contributed by atoms with E-state index in [9.17, 15) is 9.18 Å². The molecule has 1 aromatic rings. The molecular weight excluding hydrogens is 229 g/mol. The number of rotatable bonds is 2. The number of hydrogen-bond donors (Lipinski definition) is 0. The largest absolute Gasteiger partial charge is 0.439 e. The Labute approximate surface area is 97.8 Å². The summed E-state index contributed by atoms with van der Waals surface area (Å²) in [6.07, 6.45) is -0.801. The molecule has 0 saturated carbocycles. The fourth-order valence-corrected chi connectivity index (χ4v) is 1.68. The van der Waals surface area contributed by atoms with Crippen LogP contribution in [0.1, 0.15) is 12.5 Å². The highest BCUT2D eigenvalue weighted by Crippen LogP contribution is 2.17. The summed E-state index contributed by atoms with van der Waals surface area (Å²) >= 11 is 5.07. The number of nitrogens with zero attached hydrogens (tertiary/aromatic N) is 1. The lowest BCUT2D eigenvalue weighted by atomic mass is 10.2. The van der Waals surface area contributed by atoms with Crippen molar-refractivity contribution in [1.29, 1.82) is 0 Å². The van der Waals surface area contributed by atoms with E-state index in [2.05, 4.69) is 0 Å². The van der Waals surface area contributed by atoms with Crippen molar-refractivity contribution in [3.8, 4) is 0 Å². The summed E-state index contributed by atoms with van der Waals surface area (Å²) in [5.41, 5.74) is 0.815. The molecule has 1 saturated heterocycles. The van der Waals surface area contributed by atoms with Gasteiger partial charge in [0.2, 0.25) is 0 Å². The third kappa shape index (κ3) is 2.04. The summed E-state index contributed by atoms with van der Waals surface area (Å²) in [7, 11) is 0. The third-order valence-corrected chi connectivity index (χ3v) is 2.92. The first kappa shape index (κ1) is 11.0. The molecule has 1 unspecified atom stereocenters. The molecule has 0 aliphatic carbocycles. The van der Waals surface area contributed by atoms with Gasteiger partial charge in [0.25, 0.3) is 0 Å². The van der Waals surface area contributed by atoms with Gasteiger partial charge in [-0.15, -0.1) is 0 Å². The van der Waals surface area contributed by atoms with Crippen molar-refractivity contribution >= 4 is 23.3 Å². The van der Waals surface area contributed by atoms with Crippen molar-refractivity contribution < 1.29 is 13.9 Å². The normalized spacial score (nSPS) is 20.1. The quantitative estimate of drug-likeness (QED) is 0.743. The van der Waals surface area contributed by atoms with E-state index in [1.807, 2.05) is 0 Å². The van der Waals surface area contributed by atoms with Crippen LogP contribution in [0.2, 0.25) is 0 Å². The van der Waals surface area contributed by atoms with Crippen molar-refractivity contribution in [2.24, 2.45) is 0 Å². The van der Waals surface area contributed by atoms with Gasteiger partial charge in [0, 0.05) is 0 Å². The van der Waals surface area contributed by atoms with Crippen molar-refractivity contribution in [2.75, 3.05) is 0 Å². The monoisotopic (exact) mass is 239 g/mol. The Hall–Kier alpha value is -1.49. The number of ether oxygens (including phenoxy) is 1. The van der Waals surface area contributed by atoms with Crippen LogP contribution in [0.5, 0.6) is 0 Å². The molecule has 1 heterocycles.